The highest BCUT2D eigenvalue weighted by Gasteiger charge is 2.20. The van der Waals surface area contributed by atoms with Crippen LogP contribution in [0.25, 0.3) is 0 Å². The third kappa shape index (κ3) is 4.72. The lowest BCUT2D eigenvalue weighted by Crippen LogP contribution is -2.12. The second-order valence-electron chi connectivity index (χ2n) is 5.91. The fourth-order valence-corrected chi connectivity index (χ4v) is 3.13. The number of rotatable bonds is 6. The van der Waals surface area contributed by atoms with Gasteiger partial charge in [0.15, 0.2) is 0 Å². The van der Waals surface area contributed by atoms with Gasteiger partial charge in [0, 0.05) is 17.6 Å². The van der Waals surface area contributed by atoms with Crippen molar-refractivity contribution in [3.63, 3.8) is 0 Å². The van der Waals surface area contributed by atoms with E-state index in [2.05, 4.69) is 15.3 Å². The number of nitrogens with one attached hydrogen (secondary N) is 1. The first-order chi connectivity index (χ1) is 13.5. The Kier molecular flexibility index (Phi) is 6.00. The van der Waals surface area contributed by atoms with Crippen molar-refractivity contribution in [3.05, 3.63) is 64.6 Å². The van der Waals surface area contributed by atoms with Crippen molar-refractivity contribution in [1.29, 1.82) is 0 Å². The topological polar surface area (TPSA) is 90.4 Å². The third-order valence-electron chi connectivity index (χ3n) is 3.69. The number of pyridine rings is 2. The van der Waals surface area contributed by atoms with E-state index in [0.29, 0.717) is 26.9 Å². The minimum atomic E-state index is -0.475. The molecule has 144 valence electrons. The van der Waals surface area contributed by atoms with E-state index in [9.17, 15) is 9.59 Å². The fraction of sp³-hybridized carbons (Fsp3) is 0.200. The molecule has 0 aliphatic rings. The molecule has 0 aliphatic heterocycles. The van der Waals surface area contributed by atoms with Crippen LogP contribution in [-0.4, -0.2) is 28.5 Å². The van der Waals surface area contributed by atoms with E-state index in [4.69, 9.17) is 9.47 Å². The first-order valence-electron chi connectivity index (χ1n) is 8.61. The largest absolute Gasteiger partial charge is 0.462 e. The van der Waals surface area contributed by atoms with Gasteiger partial charge in [0.25, 0.3) is 5.91 Å². The van der Waals surface area contributed by atoms with Crippen molar-refractivity contribution in [2.75, 3.05) is 11.9 Å². The Morgan fingerprint density at radius 3 is 2.39 bits per heavy atom. The third-order valence-corrected chi connectivity index (χ3v) is 4.68. The molecule has 7 nitrogen and oxygen atoms in total. The van der Waals surface area contributed by atoms with Crippen molar-refractivity contribution >= 4 is 28.9 Å². The molecule has 0 spiro atoms. The molecular formula is C20H19N3O4S. The number of carbonyl (C=O) groups is 2. The summed E-state index contributed by atoms with van der Waals surface area (Å²) in [5.41, 5.74) is 2.44. The van der Waals surface area contributed by atoms with Crippen LogP contribution in [0.15, 0.2) is 42.7 Å². The lowest BCUT2D eigenvalue weighted by Gasteiger charge is -2.08. The number of esters is 1. The normalized spacial score (nSPS) is 10.4. The first-order valence-corrected chi connectivity index (χ1v) is 9.43. The van der Waals surface area contributed by atoms with Gasteiger partial charge < -0.3 is 14.8 Å². The Labute approximate surface area is 166 Å². The van der Waals surface area contributed by atoms with Crippen LogP contribution in [0.4, 0.5) is 5.69 Å². The number of aromatic nitrogens is 2. The summed E-state index contributed by atoms with van der Waals surface area (Å²) >= 11 is 1.09. The van der Waals surface area contributed by atoms with Gasteiger partial charge in [0.05, 0.1) is 24.1 Å². The van der Waals surface area contributed by atoms with Gasteiger partial charge in [0.1, 0.15) is 10.6 Å². The number of carbonyl (C=O) groups excluding carboxylic acids is 2. The average molecular weight is 397 g/mol. The number of thiophene rings is 1. The van der Waals surface area contributed by atoms with Crippen LogP contribution < -0.4 is 10.1 Å². The van der Waals surface area contributed by atoms with Crippen LogP contribution in [0.3, 0.4) is 0 Å². The maximum absolute atomic E-state index is 12.5. The van der Waals surface area contributed by atoms with Crippen molar-refractivity contribution < 1.29 is 19.1 Å². The van der Waals surface area contributed by atoms with Gasteiger partial charge in [-0.1, -0.05) is 11.3 Å². The molecule has 3 rings (SSSR count). The van der Waals surface area contributed by atoms with Gasteiger partial charge in [-0.3, -0.25) is 14.8 Å². The van der Waals surface area contributed by atoms with Crippen LogP contribution in [0, 0.1) is 13.8 Å². The Morgan fingerprint density at radius 1 is 1.07 bits per heavy atom. The molecule has 0 saturated carbocycles. The van der Waals surface area contributed by atoms with E-state index >= 15 is 0 Å². The Morgan fingerprint density at radius 2 is 1.79 bits per heavy atom. The summed E-state index contributed by atoms with van der Waals surface area (Å²) in [6, 6.07) is 8.55. The molecule has 8 heteroatoms. The highest BCUT2D eigenvalue weighted by molar-refractivity contribution is 7.16. The van der Waals surface area contributed by atoms with Gasteiger partial charge in [-0.25, -0.2) is 4.79 Å². The van der Waals surface area contributed by atoms with E-state index in [1.165, 1.54) is 6.20 Å². The summed E-state index contributed by atoms with van der Waals surface area (Å²) in [5.74, 6) is -0.333. The summed E-state index contributed by atoms with van der Waals surface area (Å²) in [7, 11) is 0. The maximum Gasteiger partial charge on any atom is 0.348 e. The van der Waals surface area contributed by atoms with Crippen LogP contribution in [0.1, 0.15) is 38.3 Å². The number of hydrogen-bond acceptors (Lipinski definition) is 7. The average Bonchev–Trinajstić information content (AvgIpc) is 3.07. The van der Waals surface area contributed by atoms with E-state index in [-0.39, 0.29) is 12.5 Å². The highest BCUT2D eigenvalue weighted by atomic mass is 32.1. The monoisotopic (exact) mass is 397 g/mol. The molecule has 0 unspecified atom stereocenters. The number of hydrogen-bond donors (Lipinski definition) is 1. The molecule has 1 N–H and O–H groups in total. The smallest absolute Gasteiger partial charge is 0.348 e. The first kappa shape index (κ1) is 19.5. The zero-order chi connectivity index (χ0) is 20.1. The lowest BCUT2D eigenvalue weighted by molar-refractivity contribution is 0.0532. The summed E-state index contributed by atoms with van der Waals surface area (Å²) in [5, 5.41) is 3.14. The molecule has 28 heavy (non-hydrogen) atoms. The van der Waals surface area contributed by atoms with Crippen molar-refractivity contribution in [1.82, 2.24) is 9.97 Å². The molecule has 3 aromatic rings. The zero-order valence-electron chi connectivity index (χ0n) is 15.7. The van der Waals surface area contributed by atoms with Gasteiger partial charge in [-0.2, -0.15) is 0 Å². The Bertz CT molecular complexity index is 982. The van der Waals surface area contributed by atoms with Crippen LogP contribution in [-0.2, 0) is 4.74 Å². The summed E-state index contributed by atoms with van der Waals surface area (Å²) in [6.07, 6.45) is 3.07. The molecule has 0 aliphatic carbocycles. The van der Waals surface area contributed by atoms with E-state index < -0.39 is 5.97 Å². The van der Waals surface area contributed by atoms with Crippen molar-refractivity contribution in [2.45, 2.75) is 20.8 Å². The predicted molar refractivity (Wildman–Crippen MR) is 106 cm³/mol. The number of aryl methyl sites for hydroxylation is 2. The number of anilines is 1. The van der Waals surface area contributed by atoms with Crippen molar-refractivity contribution in [3.8, 4) is 10.8 Å². The molecule has 0 bridgehead atoms. The minimum Gasteiger partial charge on any atom is -0.462 e. The molecule has 0 atom stereocenters. The Balaban J connectivity index is 1.88. The minimum absolute atomic E-state index is 0.255. The number of amides is 1. The second kappa shape index (κ2) is 8.62. The SMILES string of the molecule is CCOC(=O)c1cc(NC(=O)c2ccc(C)nc2)c(Oc2ccc(C)nc2)s1. The summed E-state index contributed by atoms with van der Waals surface area (Å²) in [4.78, 5) is 33.3. The van der Waals surface area contributed by atoms with E-state index in [1.807, 2.05) is 19.9 Å². The quantitative estimate of drug-likeness (QED) is 0.621. The maximum atomic E-state index is 12.5. The predicted octanol–water partition coefficient (Wildman–Crippen LogP) is 4.38. The molecule has 1 amide bonds. The second-order valence-corrected chi connectivity index (χ2v) is 6.93. The van der Waals surface area contributed by atoms with E-state index in [0.717, 1.165) is 22.7 Å². The summed E-state index contributed by atoms with van der Waals surface area (Å²) < 4.78 is 10.9. The molecule has 3 heterocycles. The number of nitrogens with zero attached hydrogens (tertiary/aromatic N) is 2. The summed E-state index contributed by atoms with van der Waals surface area (Å²) in [6.45, 7) is 5.70. The Hall–Kier alpha value is -3.26. The lowest BCUT2D eigenvalue weighted by atomic mass is 10.2. The van der Waals surface area contributed by atoms with Gasteiger partial charge in [-0.05, 0) is 51.1 Å². The molecule has 3 aromatic heterocycles. The molecule has 0 saturated heterocycles. The van der Waals surface area contributed by atoms with Gasteiger partial charge in [-0.15, -0.1) is 0 Å². The van der Waals surface area contributed by atoms with Crippen LogP contribution >= 0.6 is 11.3 Å². The molecule has 0 aromatic carbocycles. The highest BCUT2D eigenvalue weighted by Crippen LogP contribution is 2.39. The molecule has 0 fully saturated rings. The standard InChI is InChI=1S/C20H19N3O4S/c1-4-26-19(25)17-9-16(23-18(24)14-7-5-12(2)21-10-14)20(28-17)27-15-8-6-13(3)22-11-15/h5-11H,4H2,1-3H3,(H,23,24). The van der Waals surface area contributed by atoms with Gasteiger partial charge in [0.2, 0.25) is 5.06 Å². The number of ether oxygens (including phenoxy) is 2. The molecule has 0 radical (unpaired) electrons. The van der Waals surface area contributed by atoms with Crippen LogP contribution in [0.2, 0.25) is 0 Å². The molecular weight excluding hydrogens is 378 g/mol. The van der Waals surface area contributed by atoms with Crippen LogP contribution in [0.5, 0.6) is 10.8 Å². The van der Waals surface area contributed by atoms with E-state index in [1.54, 1.807) is 37.4 Å². The van der Waals surface area contributed by atoms with Gasteiger partial charge >= 0.3 is 5.97 Å². The fourth-order valence-electron chi connectivity index (χ4n) is 2.26. The zero-order valence-corrected chi connectivity index (χ0v) is 16.5. The van der Waals surface area contributed by atoms with Crippen molar-refractivity contribution in [2.24, 2.45) is 0 Å².